The molecule has 26 heavy (non-hydrogen) atoms. The molecule has 0 amide bonds. The molecule has 2 aromatic rings. The van der Waals surface area contributed by atoms with Gasteiger partial charge in [0.05, 0.1) is 11.1 Å². The first-order valence-electron chi connectivity index (χ1n) is 8.73. The first kappa shape index (κ1) is 18.7. The summed E-state index contributed by atoms with van der Waals surface area (Å²) in [6.45, 7) is 4.39. The summed E-state index contributed by atoms with van der Waals surface area (Å²) < 4.78 is 18.7. The van der Waals surface area contributed by atoms with Crippen LogP contribution in [0.25, 0.3) is 0 Å². The Balaban J connectivity index is 1.54. The SMILES string of the molecule is CN=C(NCC(OC)c1ccc(F)cc1)N1CCN(c2cccs2)CC1. The van der Waals surface area contributed by atoms with Crippen molar-refractivity contribution in [3.63, 3.8) is 0 Å². The van der Waals surface area contributed by atoms with Gasteiger partial charge in [0, 0.05) is 46.9 Å². The van der Waals surface area contributed by atoms with Crippen LogP contribution >= 0.6 is 11.3 Å². The highest BCUT2D eigenvalue weighted by Gasteiger charge is 2.21. The van der Waals surface area contributed by atoms with Gasteiger partial charge < -0.3 is 19.9 Å². The average Bonchev–Trinajstić information content (AvgIpc) is 3.21. The van der Waals surface area contributed by atoms with Crippen molar-refractivity contribution < 1.29 is 9.13 Å². The molecular weight excluding hydrogens is 351 g/mol. The molecule has 0 spiro atoms. The van der Waals surface area contributed by atoms with E-state index in [2.05, 4.69) is 37.6 Å². The van der Waals surface area contributed by atoms with Crippen molar-refractivity contribution >= 4 is 22.3 Å². The van der Waals surface area contributed by atoms with E-state index >= 15 is 0 Å². The van der Waals surface area contributed by atoms with E-state index in [1.165, 1.54) is 17.1 Å². The Hall–Kier alpha value is -2.12. The van der Waals surface area contributed by atoms with E-state index in [0.717, 1.165) is 37.7 Å². The molecule has 1 atom stereocenters. The largest absolute Gasteiger partial charge is 0.375 e. The lowest BCUT2D eigenvalue weighted by Crippen LogP contribution is -2.53. The van der Waals surface area contributed by atoms with E-state index in [0.29, 0.717) is 6.54 Å². The highest BCUT2D eigenvalue weighted by Crippen LogP contribution is 2.22. The van der Waals surface area contributed by atoms with Crippen molar-refractivity contribution in [1.29, 1.82) is 0 Å². The Morgan fingerprint density at radius 2 is 1.96 bits per heavy atom. The second-order valence-corrected chi connectivity index (χ2v) is 7.06. The molecule has 1 aliphatic heterocycles. The zero-order valence-electron chi connectivity index (χ0n) is 15.2. The smallest absolute Gasteiger partial charge is 0.193 e. The molecule has 0 radical (unpaired) electrons. The van der Waals surface area contributed by atoms with Crippen LogP contribution in [0.4, 0.5) is 9.39 Å². The van der Waals surface area contributed by atoms with Crippen molar-refractivity contribution in [3.8, 4) is 0 Å². The van der Waals surface area contributed by atoms with Gasteiger partial charge >= 0.3 is 0 Å². The van der Waals surface area contributed by atoms with E-state index in [-0.39, 0.29) is 11.9 Å². The molecule has 7 heteroatoms. The first-order valence-corrected chi connectivity index (χ1v) is 9.61. The predicted octanol–water partition coefficient (Wildman–Crippen LogP) is 2.97. The van der Waals surface area contributed by atoms with Crippen molar-refractivity contribution in [2.45, 2.75) is 6.10 Å². The third kappa shape index (κ3) is 4.53. The van der Waals surface area contributed by atoms with E-state index in [1.54, 1.807) is 37.6 Å². The Labute approximate surface area is 158 Å². The standard InChI is InChI=1S/C19H25FN4OS/c1-21-19(22-14-17(25-2)15-5-7-16(20)8-6-15)24-11-9-23(10-12-24)18-4-3-13-26-18/h3-8,13,17H,9-12,14H2,1-2H3,(H,21,22). The maximum atomic E-state index is 13.1. The van der Waals surface area contributed by atoms with Crippen LogP contribution in [0.3, 0.4) is 0 Å². The minimum absolute atomic E-state index is 0.153. The molecule has 2 heterocycles. The van der Waals surface area contributed by atoms with Gasteiger partial charge in [0.25, 0.3) is 0 Å². The number of guanidine groups is 1. The van der Waals surface area contributed by atoms with Crippen molar-refractivity contribution in [2.75, 3.05) is 51.8 Å². The number of anilines is 1. The third-order valence-electron chi connectivity index (χ3n) is 4.58. The molecule has 140 valence electrons. The summed E-state index contributed by atoms with van der Waals surface area (Å²) in [4.78, 5) is 9.09. The summed E-state index contributed by atoms with van der Waals surface area (Å²) in [6.07, 6.45) is -0.153. The van der Waals surface area contributed by atoms with Crippen LogP contribution in [0.2, 0.25) is 0 Å². The van der Waals surface area contributed by atoms with Crippen molar-refractivity contribution in [1.82, 2.24) is 10.2 Å². The number of nitrogens with zero attached hydrogens (tertiary/aromatic N) is 3. The molecule has 1 N–H and O–H groups in total. The fraction of sp³-hybridized carbons (Fsp3) is 0.421. The molecule has 0 aliphatic carbocycles. The predicted molar refractivity (Wildman–Crippen MR) is 106 cm³/mol. The molecule has 0 bridgehead atoms. The van der Waals surface area contributed by atoms with E-state index in [9.17, 15) is 4.39 Å². The number of halogens is 1. The minimum atomic E-state index is -0.240. The maximum Gasteiger partial charge on any atom is 0.193 e. The number of benzene rings is 1. The first-order chi connectivity index (χ1) is 12.7. The molecule has 1 aromatic heterocycles. The van der Waals surface area contributed by atoms with E-state index < -0.39 is 0 Å². The number of aliphatic imine (C=N–C) groups is 1. The number of nitrogens with one attached hydrogen (secondary N) is 1. The number of rotatable bonds is 5. The zero-order chi connectivity index (χ0) is 18.4. The zero-order valence-corrected chi connectivity index (χ0v) is 16.0. The Morgan fingerprint density at radius 3 is 2.54 bits per heavy atom. The molecule has 1 aliphatic rings. The summed E-state index contributed by atoms with van der Waals surface area (Å²) in [5.41, 5.74) is 0.944. The highest BCUT2D eigenvalue weighted by molar-refractivity contribution is 7.14. The van der Waals surface area contributed by atoms with Crippen LogP contribution in [-0.4, -0.2) is 57.7 Å². The van der Waals surface area contributed by atoms with Crippen LogP contribution in [-0.2, 0) is 4.74 Å². The molecule has 3 rings (SSSR count). The molecule has 1 fully saturated rings. The van der Waals surface area contributed by atoms with Gasteiger partial charge in [-0.15, -0.1) is 11.3 Å². The highest BCUT2D eigenvalue weighted by atomic mass is 32.1. The van der Waals surface area contributed by atoms with Crippen LogP contribution in [0.5, 0.6) is 0 Å². The van der Waals surface area contributed by atoms with E-state index in [1.807, 2.05) is 0 Å². The number of methoxy groups -OCH3 is 1. The fourth-order valence-electron chi connectivity index (χ4n) is 3.12. The minimum Gasteiger partial charge on any atom is -0.375 e. The van der Waals surface area contributed by atoms with Gasteiger partial charge in [-0.3, -0.25) is 4.99 Å². The summed E-state index contributed by atoms with van der Waals surface area (Å²) >= 11 is 1.78. The third-order valence-corrected chi connectivity index (χ3v) is 5.51. The van der Waals surface area contributed by atoms with Crippen LogP contribution in [0.15, 0.2) is 46.8 Å². The van der Waals surface area contributed by atoms with Gasteiger partial charge in [0.2, 0.25) is 0 Å². The topological polar surface area (TPSA) is 40.1 Å². The van der Waals surface area contributed by atoms with E-state index in [4.69, 9.17) is 4.74 Å². The van der Waals surface area contributed by atoms with Gasteiger partial charge in [0.15, 0.2) is 5.96 Å². The number of ether oxygens (including phenoxy) is 1. The second-order valence-electron chi connectivity index (χ2n) is 6.13. The monoisotopic (exact) mass is 376 g/mol. The summed E-state index contributed by atoms with van der Waals surface area (Å²) in [5.74, 6) is 0.635. The molecule has 1 saturated heterocycles. The van der Waals surface area contributed by atoms with Gasteiger partial charge in [0.1, 0.15) is 5.82 Å². The van der Waals surface area contributed by atoms with Crippen LogP contribution < -0.4 is 10.2 Å². The second kappa shape index (κ2) is 9.00. The Bertz CT molecular complexity index is 697. The number of hydrogen-bond acceptors (Lipinski definition) is 4. The average molecular weight is 377 g/mol. The fourth-order valence-corrected chi connectivity index (χ4v) is 3.90. The molecular formula is C19H25FN4OS. The lowest BCUT2D eigenvalue weighted by molar-refractivity contribution is 0.105. The van der Waals surface area contributed by atoms with Gasteiger partial charge in [-0.1, -0.05) is 12.1 Å². The Kier molecular flexibility index (Phi) is 6.46. The molecule has 0 saturated carbocycles. The molecule has 5 nitrogen and oxygen atoms in total. The molecule has 1 aromatic carbocycles. The molecule has 1 unspecified atom stereocenters. The van der Waals surface area contributed by atoms with Crippen LogP contribution in [0, 0.1) is 5.82 Å². The quantitative estimate of drug-likeness (QED) is 0.643. The normalized spacial score (nSPS) is 16.7. The lowest BCUT2D eigenvalue weighted by Gasteiger charge is -2.37. The van der Waals surface area contributed by atoms with Crippen molar-refractivity contribution in [3.05, 3.63) is 53.2 Å². The summed E-state index contributed by atoms with van der Waals surface area (Å²) in [5, 5.41) is 6.83. The van der Waals surface area contributed by atoms with Gasteiger partial charge in [-0.2, -0.15) is 0 Å². The van der Waals surface area contributed by atoms with Gasteiger partial charge in [-0.05, 0) is 35.2 Å². The van der Waals surface area contributed by atoms with Crippen LogP contribution in [0.1, 0.15) is 11.7 Å². The number of piperazine rings is 1. The van der Waals surface area contributed by atoms with Crippen molar-refractivity contribution in [2.24, 2.45) is 4.99 Å². The Morgan fingerprint density at radius 1 is 1.23 bits per heavy atom. The maximum absolute atomic E-state index is 13.1. The number of thiophene rings is 1. The number of hydrogen-bond donors (Lipinski definition) is 1. The van der Waals surface area contributed by atoms with Gasteiger partial charge in [-0.25, -0.2) is 4.39 Å². The lowest BCUT2D eigenvalue weighted by atomic mass is 10.1. The summed E-state index contributed by atoms with van der Waals surface area (Å²) in [7, 11) is 3.46. The summed E-state index contributed by atoms with van der Waals surface area (Å²) in [6, 6.07) is 10.7.